The van der Waals surface area contributed by atoms with Crippen LogP contribution in [0.2, 0.25) is 0 Å². The van der Waals surface area contributed by atoms with Gasteiger partial charge in [-0.1, -0.05) is 12.8 Å². The largest absolute Gasteiger partial charge is 0.480 e. The second-order valence-electron chi connectivity index (χ2n) is 4.04. The molecule has 0 amide bonds. The van der Waals surface area contributed by atoms with Gasteiger partial charge in [-0.15, -0.1) is 0 Å². The predicted molar refractivity (Wildman–Crippen MR) is 44.9 cm³/mol. The molecular formula is C9H15NO2. The third-order valence-electron chi connectivity index (χ3n) is 3.43. The van der Waals surface area contributed by atoms with E-state index in [0.29, 0.717) is 0 Å². The lowest BCUT2D eigenvalue weighted by atomic mass is 9.79. The van der Waals surface area contributed by atoms with Crippen molar-refractivity contribution in [2.75, 3.05) is 6.54 Å². The van der Waals surface area contributed by atoms with Gasteiger partial charge < -0.3 is 10.4 Å². The molecule has 1 spiro atoms. The van der Waals surface area contributed by atoms with Crippen LogP contribution in [0.1, 0.15) is 32.1 Å². The summed E-state index contributed by atoms with van der Waals surface area (Å²) in [5.74, 6) is -0.658. The van der Waals surface area contributed by atoms with Crippen molar-refractivity contribution >= 4 is 5.97 Å². The molecule has 2 aliphatic rings. The van der Waals surface area contributed by atoms with Crippen molar-refractivity contribution in [2.45, 2.75) is 38.1 Å². The molecule has 0 aromatic rings. The van der Waals surface area contributed by atoms with E-state index in [9.17, 15) is 4.79 Å². The number of carboxylic acids is 1. The number of nitrogens with one attached hydrogen (secondary N) is 1. The molecule has 1 aliphatic heterocycles. The van der Waals surface area contributed by atoms with Crippen molar-refractivity contribution in [2.24, 2.45) is 5.41 Å². The van der Waals surface area contributed by atoms with Gasteiger partial charge in [-0.2, -0.15) is 0 Å². The van der Waals surface area contributed by atoms with Gasteiger partial charge in [0.25, 0.3) is 0 Å². The molecule has 0 radical (unpaired) electrons. The Hall–Kier alpha value is -0.570. The van der Waals surface area contributed by atoms with Crippen LogP contribution in [0.15, 0.2) is 0 Å². The Kier molecular flexibility index (Phi) is 1.83. The van der Waals surface area contributed by atoms with Crippen LogP contribution >= 0.6 is 0 Å². The first-order chi connectivity index (χ1) is 5.75. The van der Waals surface area contributed by atoms with Crippen molar-refractivity contribution < 1.29 is 9.90 Å². The molecule has 1 aliphatic carbocycles. The van der Waals surface area contributed by atoms with E-state index in [2.05, 4.69) is 5.32 Å². The summed E-state index contributed by atoms with van der Waals surface area (Å²) in [4.78, 5) is 10.9. The van der Waals surface area contributed by atoms with E-state index in [1.54, 1.807) is 0 Å². The number of hydrogen-bond donors (Lipinski definition) is 2. The molecule has 0 bridgehead atoms. The smallest absolute Gasteiger partial charge is 0.321 e. The average Bonchev–Trinajstić information content (AvgIpc) is 2.61. The third-order valence-corrected chi connectivity index (χ3v) is 3.43. The third kappa shape index (κ3) is 1.04. The number of hydrogen-bond acceptors (Lipinski definition) is 2. The highest BCUT2D eigenvalue weighted by Gasteiger charge is 2.47. The molecule has 0 unspecified atom stereocenters. The van der Waals surface area contributed by atoms with Gasteiger partial charge >= 0.3 is 5.97 Å². The van der Waals surface area contributed by atoms with Crippen molar-refractivity contribution in [3.05, 3.63) is 0 Å². The minimum absolute atomic E-state index is 0.117. The van der Waals surface area contributed by atoms with Crippen LogP contribution in [0.4, 0.5) is 0 Å². The van der Waals surface area contributed by atoms with Crippen molar-refractivity contribution in [1.29, 1.82) is 0 Å². The molecule has 12 heavy (non-hydrogen) atoms. The predicted octanol–water partition coefficient (Wildman–Crippen LogP) is 0.993. The molecule has 3 nitrogen and oxygen atoms in total. The zero-order chi connectivity index (χ0) is 8.60. The van der Waals surface area contributed by atoms with E-state index in [0.717, 1.165) is 25.8 Å². The second kappa shape index (κ2) is 2.73. The summed E-state index contributed by atoms with van der Waals surface area (Å²) in [5, 5.41) is 12.1. The summed E-state index contributed by atoms with van der Waals surface area (Å²) in [7, 11) is 0. The van der Waals surface area contributed by atoms with E-state index < -0.39 is 5.97 Å². The van der Waals surface area contributed by atoms with Gasteiger partial charge in [0.05, 0.1) is 0 Å². The Bertz CT molecular complexity index is 191. The molecule has 0 aromatic heterocycles. The highest BCUT2D eigenvalue weighted by Crippen LogP contribution is 2.46. The summed E-state index contributed by atoms with van der Waals surface area (Å²) in [6, 6.07) is -0.264. The molecule has 0 aromatic carbocycles. The van der Waals surface area contributed by atoms with Gasteiger partial charge in [0.1, 0.15) is 6.04 Å². The molecule has 2 fully saturated rings. The van der Waals surface area contributed by atoms with Crippen LogP contribution in [0, 0.1) is 5.41 Å². The fraction of sp³-hybridized carbons (Fsp3) is 0.889. The summed E-state index contributed by atoms with van der Waals surface area (Å²) < 4.78 is 0. The molecule has 68 valence electrons. The lowest BCUT2D eigenvalue weighted by molar-refractivity contribution is -0.141. The number of carbonyl (C=O) groups is 1. The van der Waals surface area contributed by atoms with E-state index >= 15 is 0 Å². The lowest BCUT2D eigenvalue weighted by Gasteiger charge is -2.26. The number of rotatable bonds is 1. The molecule has 2 N–H and O–H groups in total. The fourth-order valence-electron chi connectivity index (χ4n) is 2.79. The summed E-state index contributed by atoms with van der Waals surface area (Å²) in [5.41, 5.74) is 0.117. The SMILES string of the molecule is O=C(O)[C@@H]1NCCC12CCCC2. The molecule has 3 heteroatoms. The number of aliphatic carboxylic acids is 1. The van der Waals surface area contributed by atoms with Crippen LogP contribution in [0.5, 0.6) is 0 Å². The van der Waals surface area contributed by atoms with Crippen LogP contribution in [-0.4, -0.2) is 23.7 Å². The van der Waals surface area contributed by atoms with Gasteiger partial charge in [-0.25, -0.2) is 0 Å². The monoisotopic (exact) mass is 169 g/mol. The Morgan fingerprint density at radius 1 is 1.33 bits per heavy atom. The first-order valence-electron chi connectivity index (χ1n) is 4.71. The summed E-state index contributed by atoms with van der Waals surface area (Å²) in [6.45, 7) is 0.886. The molecule has 2 rings (SSSR count). The minimum Gasteiger partial charge on any atom is -0.480 e. The van der Waals surface area contributed by atoms with Crippen molar-refractivity contribution in [1.82, 2.24) is 5.32 Å². The quantitative estimate of drug-likeness (QED) is 0.615. The van der Waals surface area contributed by atoms with Gasteiger partial charge in [0.2, 0.25) is 0 Å². The molecular weight excluding hydrogens is 154 g/mol. The zero-order valence-corrected chi connectivity index (χ0v) is 7.18. The van der Waals surface area contributed by atoms with Gasteiger partial charge in [0, 0.05) is 0 Å². The van der Waals surface area contributed by atoms with E-state index in [1.807, 2.05) is 0 Å². The summed E-state index contributed by atoms with van der Waals surface area (Å²) in [6.07, 6.45) is 5.70. The zero-order valence-electron chi connectivity index (χ0n) is 7.18. The average molecular weight is 169 g/mol. The topological polar surface area (TPSA) is 49.3 Å². The van der Waals surface area contributed by atoms with Gasteiger partial charge in [0.15, 0.2) is 0 Å². The maximum Gasteiger partial charge on any atom is 0.321 e. The van der Waals surface area contributed by atoms with E-state index in [4.69, 9.17) is 5.11 Å². The lowest BCUT2D eigenvalue weighted by Crippen LogP contribution is -2.41. The van der Waals surface area contributed by atoms with Crippen LogP contribution < -0.4 is 5.32 Å². The molecule has 1 heterocycles. The fourth-order valence-corrected chi connectivity index (χ4v) is 2.79. The molecule has 1 saturated heterocycles. The van der Waals surface area contributed by atoms with Crippen molar-refractivity contribution in [3.63, 3.8) is 0 Å². The number of carboxylic acid groups (broad SMARTS) is 1. The van der Waals surface area contributed by atoms with E-state index in [1.165, 1.54) is 12.8 Å². The van der Waals surface area contributed by atoms with E-state index in [-0.39, 0.29) is 11.5 Å². The normalized spacial score (nSPS) is 32.8. The van der Waals surface area contributed by atoms with Gasteiger partial charge in [-0.3, -0.25) is 4.79 Å². The van der Waals surface area contributed by atoms with Crippen molar-refractivity contribution in [3.8, 4) is 0 Å². The maximum absolute atomic E-state index is 10.9. The van der Waals surface area contributed by atoms with Gasteiger partial charge in [-0.05, 0) is 31.2 Å². The first kappa shape index (κ1) is 8.05. The summed E-state index contributed by atoms with van der Waals surface area (Å²) >= 11 is 0. The highest BCUT2D eigenvalue weighted by molar-refractivity contribution is 5.75. The highest BCUT2D eigenvalue weighted by atomic mass is 16.4. The van der Waals surface area contributed by atoms with Crippen LogP contribution in [-0.2, 0) is 4.79 Å². The molecule has 1 atom stereocenters. The Morgan fingerprint density at radius 3 is 2.58 bits per heavy atom. The first-order valence-corrected chi connectivity index (χ1v) is 4.71. The second-order valence-corrected chi connectivity index (χ2v) is 4.04. The maximum atomic E-state index is 10.9. The van der Waals surface area contributed by atoms with Crippen LogP contribution in [0.3, 0.4) is 0 Å². The Labute approximate surface area is 72.2 Å². The minimum atomic E-state index is -0.658. The Morgan fingerprint density at radius 2 is 2.00 bits per heavy atom. The van der Waals surface area contributed by atoms with Crippen LogP contribution in [0.25, 0.3) is 0 Å². The Balaban J connectivity index is 2.17. The molecule has 1 saturated carbocycles. The standard InChI is InChI=1S/C9H15NO2/c11-8(12)7-9(5-6-10-7)3-1-2-4-9/h7,10H,1-6H2,(H,11,12)/t7-/m0/s1.